The lowest BCUT2D eigenvalue weighted by Gasteiger charge is -2.28. The van der Waals surface area contributed by atoms with Crippen LogP contribution in [0.15, 0.2) is 36.7 Å². The number of morpholine rings is 2. The highest BCUT2D eigenvalue weighted by molar-refractivity contribution is 5.77. The van der Waals surface area contributed by atoms with Crippen LogP contribution in [0.5, 0.6) is 0 Å². The summed E-state index contributed by atoms with van der Waals surface area (Å²) in [5.41, 5.74) is 2.02. The first kappa shape index (κ1) is 27.2. The van der Waals surface area contributed by atoms with Crippen LogP contribution in [0.1, 0.15) is 32.1 Å². The summed E-state index contributed by atoms with van der Waals surface area (Å²) in [6.45, 7) is 7.94. The molecule has 3 aliphatic rings. The summed E-state index contributed by atoms with van der Waals surface area (Å²) in [6.07, 6.45) is 8.50. The Balaban J connectivity index is 0.000000348. The molecule has 0 atom stereocenters. The summed E-state index contributed by atoms with van der Waals surface area (Å²) in [7, 11) is 0.500. The second-order valence-electron chi connectivity index (χ2n) is 9.36. The van der Waals surface area contributed by atoms with Gasteiger partial charge in [0.25, 0.3) is 0 Å². The molecule has 1 aromatic carbocycles. The van der Waals surface area contributed by atoms with E-state index in [1.54, 1.807) is 0 Å². The Labute approximate surface area is 218 Å². The van der Waals surface area contributed by atoms with E-state index in [4.69, 9.17) is 19.4 Å². The fourth-order valence-corrected chi connectivity index (χ4v) is 4.86. The lowest BCUT2D eigenvalue weighted by atomic mass is 9.89. The van der Waals surface area contributed by atoms with E-state index >= 15 is 0 Å². The minimum atomic E-state index is 0.500. The Kier molecular flexibility index (Phi) is 10.9. The fourth-order valence-electron chi connectivity index (χ4n) is 4.86. The first-order valence-corrected chi connectivity index (χ1v) is 13.4. The second-order valence-corrected chi connectivity index (χ2v) is 9.36. The average Bonchev–Trinajstić information content (AvgIpc) is 3.44. The molecule has 4 heterocycles. The van der Waals surface area contributed by atoms with Gasteiger partial charge in [0.15, 0.2) is 0 Å². The number of anilines is 2. The molecular formula is C27H40FN7O2. The molecule has 9 nitrogen and oxygen atoms in total. The zero-order chi connectivity index (χ0) is 25.7. The van der Waals surface area contributed by atoms with E-state index in [2.05, 4.69) is 32.7 Å². The van der Waals surface area contributed by atoms with Crippen molar-refractivity contribution in [3.05, 3.63) is 36.7 Å². The van der Waals surface area contributed by atoms with Crippen molar-refractivity contribution < 1.29 is 13.9 Å². The highest BCUT2D eigenvalue weighted by Gasteiger charge is 2.18. The molecule has 2 aromatic heterocycles. The quantitative estimate of drug-likeness (QED) is 0.532. The number of benzene rings is 1. The molecule has 202 valence electrons. The fraction of sp³-hybridized carbons (Fsp3) is 0.593. The number of hydrogen-bond acceptors (Lipinski definition) is 8. The predicted octanol–water partition coefficient (Wildman–Crippen LogP) is 3.84. The lowest BCUT2D eigenvalue weighted by molar-refractivity contribution is 0.109. The molecule has 2 saturated heterocycles. The molecule has 3 aromatic rings. The number of rotatable bonds is 5. The number of imidazole rings is 1. The summed E-state index contributed by atoms with van der Waals surface area (Å²) >= 11 is 0. The normalized spacial score (nSPS) is 18.4. The van der Waals surface area contributed by atoms with E-state index in [1.165, 1.54) is 32.1 Å². The molecule has 2 aliphatic heterocycles. The standard InChI is InChI=1S/C22H28N6O.C4H9NO.CH3F/c1-2-6-17(7-3-1)15-23-22-25-20(27-10-12-29-13-11-27)14-21(26-22)28-16-24-18-8-4-5-9-19(18)28;1-3-6-4-2-5-1;1-2/h4-5,8-9,14,16-17H,1-3,6-7,10-13,15H2,(H,23,25,26);5H,1-4H2;1H3. The van der Waals surface area contributed by atoms with Crippen molar-refractivity contribution in [1.29, 1.82) is 0 Å². The van der Waals surface area contributed by atoms with Gasteiger partial charge in [-0.2, -0.15) is 9.97 Å². The van der Waals surface area contributed by atoms with Crippen LogP contribution in [0.4, 0.5) is 16.2 Å². The zero-order valence-electron chi connectivity index (χ0n) is 21.9. The van der Waals surface area contributed by atoms with Crippen molar-refractivity contribution in [3.63, 3.8) is 0 Å². The third-order valence-electron chi connectivity index (χ3n) is 6.85. The first-order valence-electron chi connectivity index (χ1n) is 13.4. The van der Waals surface area contributed by atoms with Gasteiger partial charge in [-0.1, -0.05) is 31.4 Å². The second kappa shape index (κ2) is 14.8. The zero-order valence-corrected chi connectivity index (χ0v) is 21.9. The number of para-hydroxylation sites is 2. The van der Waals surface area contributed by atoms with Gasteiger partial charge in [-0.25, -0.2) is 4.98 Å². The molecule has 37 heavy (non-hydrogen) atoms. The summed E-state index contributed by atoms with van der Waals surface area (Å²) < 4.78 is 22.1. The highest BCUT2D eigenvalue weighted by atomic mass is 19.1. The predicted molar refractivity (Wildman–Crippen MR) is 145 cm³/mol. The van der Waals surface area contributed by atoms with Crippen LogP contribution in [0.2, 0.25) is 0 Å². The molecule has 0 radical (unpaired) electrons. The molecule has 0 unspecified atom stereocenters. The topological polar surface area (TPSA) is 89.4 Å². The van der Waals surface area contributed by atoms with E-state index in [0.29, 0.717) is 13.1 Å². The van der Waals surface area contributed by atoms with Gasteiger partial charge in [-0.3, -0.25) is 8.96 Å². The Bertz CT molecular complexity index is 1050. The SMILES string of the molecule is C1COCCN1.CF.c1ccc2c(c1)ncn2-c1cc(N2CCOCC2)nc(NCC2CCCCC2)n1. The van der Waals surface area contributed by atoms with Gasteiger partial charge in [-0.15, -0.1) is 0 Å². The number of fused-ring (bicyclic) bond motifs is 1. The molecule has 1 aliphatic carbocycles. The van der Waals surface area contributed by atoms with Crippen molar-refractivity contribution in [2.45, 2.75) is 32.1 Å². The Morgan fingerprint density at radius 2 is 1.65 bits per heavy atom. The molecule has 3 fully saturated rings. The van der Waals surface area contributed by atoms with Crippen molar-refractivity contribution in [2.75, 3.05) is 76.5 Å². The van der Waals surface area contributed by atoms with Gasteiger partial charge in [0.05, 0.1) is 44.6 Å². The van der Waals surface area contributed by atoms with Crippen molar-refractivity contribution >= 4 is 22.8 Å². The number of nitrogens with one attached hydrogen (secondary N) is 2. The van der Waals surface area contributed by atoms with Crippen LogP contribution in [-0.4, -0.2) is 85.8 Å². The maximum atomic E-state index is 9.50. The van der Waals surface area contributed by atoms with Crippen LogP contribution < -0.4 is 15.5 Å². The first-order chi connectivity index (χ1) is 18.4. The monoisotopic (exact) mass is 513 g/mol. The summed E-state index contributed by atoms with van der Waals surface area (Å²) in [6, 6.07) is 10.2. The summed E-state index contributed by atoms with van der Waals surface area (Å²) in [5.74, 6) is 3.22. The Hall–Kier alpha value is -2.82. The third kappa shape index (κ3) is 7.83. The van der Waals surface area contributed by atoms with E-state index in [9.17, 15) is 4.39 Å². The minimum Gasteiger partial charge on any atom is -0.379 e. The number of ether oxygens (including phenoxy) is 2. The number of nitrogens with zero attached hydrogens (tertiary/aromatic N) is 5. The minimum absolute atomic E-state index is 0.500. The lowest BCUT2D eigenvalue weighted by Crippen LogP contribution is -2.37. The van der Waals surface area contributed by atoms with Gasteiger partial charge < -0.3 is 25.0 Å². The van der Waals surface area contributed by atoms with Crippen LogP contribution in [-0.2, 0) is 9.47 Å². The number of halogens is 1. The number of alkyl halides is 1. The van der Waals surface area contributed by atoms with Crippen molar-refractivity contribution in [3.8, 4) is 5.82 Å². The van der Waals surface area contributed by atoms with Crippen LogP contribution >= 0.6 is 0 Å². The molecule has 0 bridgehead atoms. The maximum absolute atomic E-state index is 9.50. The van der Waals surface area contributed by atoms with Gasteiger partial charge in [0, 0.05) is 38.8 Å². The summed E-state index contributed by atoms with van der Waals surface area (Å²) in [4.78, 5) is 16.5. The van der Waals surface area contributed by atoms with Crippen LogP contribution in [0, 0.1) is 5.92 Å². The molecule has 2 N–H and O–H groups in total. The van der Waals surface area contributed by atoms with E-state index in [0.717, 1.165) is 87.7 Å². The van der Waals surface area contributed by atoms with Crippen LogP contribution in [0.3, 0.4) is 0 Å². The van der Waals surface area contributed by atoms with E-state index in [1.807, 2.05) is 29.1 Å². The molecule has 10 heteroatoms. The number of hydrogen-bond donors (Lipinski definition) is 2. The molecular weight excluding hydrogens is 473 g/mol. The molecule has 6 rings (SSSR count). The highest BCUT2D eigenvalue weighted by Crippen LogP contribution is 2.25. The van der Waals surface area contributed by atoms with Crippen LogP contribution in [0.25, 0.3) is 16.9 Å². The smallest absolute Gasteiger partial charge is 0.226 e. The van der Waals surface area contributed by atoms with Crippen molar-refractivity contribution in [1.82, 2.24) is 24.8 Å². The van der Waals surface area contributed by atoms with Gasteiger partial charge in [-0.05, 0) is 30.9 Å². The average molecular weight is 514 g/mol. The number of aromatic nitrogens is 4. The van der Waals surface area contributed by atoms with Crippen molar-refractivity contribution in [2.24, 2.45) is 5.92 Å². The van der Waals surface area contributed by atoms with Gasteiger partial charge in [0.2, 0.25) is 5.95 Å². The third-order valence-corrected chi connectivity index (χ3v) is 6.85. The van der Waals surface area contributed by atoms with Gasteiger partial charge in [0.1, 0.15) is 18.0 Å². The van der Waals surface area contributed by atoms with E-state index < -0.39 is 0 Å². The Morgan fingerprint density at radius 3 is 2.35 bits per heavy atom. The summed E-state index contributed by atoms with van der Waals surface area (Å²) in [5, 5.41) is 6.69. The maximum Gasteiger partial charge on any atom is 0.226 e. The molecule has 0 spiro atoms. The largest absolute Gasteiger partial charge is 0.379 e. The molecule has 1 saturated carbocycles. The Morgan fingerprint density at radius 1 is 0.946 bits per heavy atom. The van der Waals surface area contributed by atoms with E-state index in [-0.39, 0.29) is 0 Å². The van der Waals surface area contributed by atoms with Gasteiger partial charge >= 0.3 is 0 Å². The molecule has 0 amide bonds.